The molecule has 0 bridgehead atoms. The Morgan fingerprint density at radius 3 is 1.78 bits per heavy atom. The van der Waals surface area contributed by atoms with Gasteiger partial charge in [-0.3, -0.25) is 4.18 Å². The SMILES string of the molecule is CS(=O)(=O)O[C@@H](COC(=O)c1ccc2ccccc2c1)[C@@H](CC=O)OC(=O)c1ccc2ccccc2c1. The van der Waals surface area contributed by atoms with Crippen molar-refractivity contribution in [2.45, 2.75) is 18.6 Å². The fourth-order valence-corrected chi connectivity index (χ4v) is 4.50. The van der Waals surface area contributed by atoms with E-state index in [2.05, 4.69) is 0 Å². The summed E-state index contributed by atoms with van der Waals surface area (Å²) in [5.41, 5.74) is 0.456. The van der Waals surface area contributed by atoms with Gasteiger partial charge in [0.15, 0.2) is 0 Å². The van der Waals surface area contributed by atoms with Crippen molar-refractivity contribution < 1.29 is 36.5 Å². The van der Waals surface area contributed by atoms with E-state index in [9.17, 15) is 22.8 Å². The smallest absolute Gasteiger partial charge is 0.338 e. The van der Waals surface area contributed by atoms with Crippen molar-refractivity contribution in [1.82, 2.24) is 0 Å². The molecule has 0 saturated heterocycles. The molecule has 0 radical (unpaired) electrons. The van der Waals surface area contributed by atoms with Crippen LogP contribution in [-0.4, -0.2) is 51.7 Å². The van der Waals surface area contributed by atoms with Crippen LogP contribution in [0.4, 0.5) is 0 Å². The summed E-state index contributed by atoms with van der Waals surface area (Å²) in [6.07, 6.45) is -1.84. The van der Waals surface area contributed by atoms with Gasteiger partial charge in [0, 0.05) is 6.42 Å². The number of aldehydes is 1. The van der Waals surface area contributed by atoms with Crippen molar-refractivity contribution in [3.05, 3.63) is 96.1 Å². The average molecular weight is 521 g/mol. The first-order valence-corrected chi connectivity index (χ1v) is 13.2. The van der Waals surface area contributed by atoms with Gasteiger partial charge in [-0.15, -0.1) is 0 Å². The van der Waals surface area contributed by atoms with Crippen molar-refractivity contribution in [2.75, 3.05) is 12.9 Å². The minimum absolute atomic E-state index is 0.209. The van der Waals surface area contributed by atoms with E-state index in [4.69, 9.17) is 13.7 Å². The molecule has 0 aliphatic heterocycles. The first-order valence-electron chi connectivity index (χ1n) is 11.4. The standard InChI is InChI=1S/C28H24O8S/c1-37(32,33)36-26(18-34-27(30)23-12-10-19-6-2-4-8-21(19)16-23)25(14-15-29)35-28(31)24-13-11-20-7-3-5-9-22(20)17-24/h2-13,15-17,25-26H,14,18H2,1H3/t25-,26+/m1/s1. The molecule has 0 unspecified atom stereocenters. The highest BCUT2D eigenvalue weighted by Gasteiger charge is 2.31. The maximum Gasteiger partial charge on any atom is 0.338 e. The van der Waals surface area contributed by atoms with Gasteiger partial charge in [0.1, 0.15) is 25.1 Å². The highest BCUT2D eigenvalue weighted by Crippen LogP contribution is 2.20. The molecule has 0 spiro atoms. The van der Waals surface area contributed by atoms with E-state index in [0.717, 1.165) is 27.8 Å². The fourth-order valence-electron chi connectivity index (χ4n) is 3.87. The van der Waals surface area contributed by atoms with Crippen LogP contribution in [0.25, 0.3) is 21.5 Å². The minimum atomic E-state index is -4.06. The predicted octanol–water partition coefficient (Wildman–Crippen LogP) is 4.31. The van der Waals surface area contributed by atoms with Gasteiger partial charge in [-0.05, 0) is 45.8 Å². The lowest BCUT2D eigenvalue weighted by Gasteiger charge is -2.24. The second-order valence-corrected chi connectivity index (χ2v) is 10.0. The van der Waals surface area contributed by atoms with Gasteiger partial charge in [-0.25, -0.2) is 9.59 Å². The molecule has 37 heavy (non-hydrogen) atoms. The zero-order valence-electron chi connectivity index (χ0n) is 19.9. The van der Waals surface area contributed by atoms with Crippen LogP contribution in [-0.2, 0) is 28.6 Å². The summed E-state index contributed by atoms with van der Waals surface area (Å²) in [6.45, 7) is -0.567. The van der Waals surface area contributed by atoms with E-state index in [1.54, 1.807) is 36.4 Å². The maximum atomic E-state index is 12.9. The monoisotopic (exact) mass is 520 g/mol. The van der Waals surface area contributed by atoms with Crippen LogP contribution in [0.2, 0.25) is 0 Å². The molecule has 0 aromatic heterocycles. The summed E-state index contributed by atoms with van der Waals surface area (Å²) in [6, 6.07) is 24.8. The Hall–Kier alpha value is -4.08. The second kappa shape index (κ2) is 11.3. The molecule has 9 heteroatoms. The molecule has 0 aliphatic carbocycles. The Morgan fingerprint density at radius 1 is 0.757 bits per heavy atom. The molecule has 0 amide bonds. The normalized spacial score (nSPS) is 13.1. The Kier molecular flexibility index (Phi) is 7.95. The van der Waals surface area contributed by atoms with Crippen LogP contribution >= 0.6 is 0 Å². The van der Waals surface area contributed by atoms with Gasteiger partial charge in [-0.2, -0.15) is 8.42 Å². The van der Waals surface area contributed by atoms with Gasteiger partial charge in [0.05, 0.1) is 17.4 Å². The summed E-state index contributed by atoms with van der Waals surface area (Å²) < 4.78 is 39.7. The van der Waals surface area contributed by atoms with Crippen LogP contribution in [0.3, 0.4) is 0 Å². The van der Waals surface area contributed by atoms with E-state index < -0.39 is 40.9 Å². The molecule has 0 saturated carbocycles. The Bertz CT molecular complexity index is 1560. The molecule has 2 atom stereocenters. The van der Waals surface area contributed by atoms with Crippen molar-refractivity contribution in [2.24, 2.45) is 0 Å². The van der Waals surface area contributed by atoms with Crippen LogP contribution in [0.1, 0.15) is 27.1 Å². The maximum absolute atomic E-state index is 12.9. The number of carbonyl (C=O) groups is 3. The highest BCUT2D eigenvalue weighted by molar-refractivity contribution is 7.86. The van der Waals surface area contributed by atoms with Crippen LogP contribution in [0.15, 0.2) is 84.9 Å². The van der Waals surface area contributed by atoms with E-state index in [1.165, 1.54) is 0 Å². The molecule has 0 heterocycles. The quantitative estimate of drug-likeness (QED) is 0.173. The number of esters is 2. The Balaban J connectivity index is 1.52. The van der Waals surface area contributed by atoms with Gasteiger partial charge >= 0.3 is 11.9 Å². The molecular formula is C28H24O8S. The van der Waals surface area contributed by atoms with Crippen LogP contribution in [0, 0.1) is 0 Å². The second-order valence-electron chi connectivity index (χ2n) is 8.41. The summed E-state index contributed by atoms with van der Waals surface area (Å²) in [5, 5.41) is 3.48. The molecule has 190 valence electrons. The molecule has 0 fully saturated rings. The summed E-state index contributed by atoms with van der Waals surface area (Å²) in [5.74, 6) is -1.50. The lowest BCUT2D eigenvalue weighted by atomic mass is 10.1. The summed E-state index contributed by atoms with van der Waals surface area (Å²) >= 11 is 0. The zero-order valence-corrected chi connectivity index (χ0v) is 20.7. The van der Waals surface area contributed by atoms with Crippen molar-refractivity contribution in [1.29, 1.82) is 0 Å². The number of rotatable bonds is 10. The average Bonchev–Trinajstić information content (AvgIpc) is 2.89. The predicted molar refractivity (Wildman–Crippen MR) is 138 cm³/mol. The van der Waals surface area contributed by atoms with Crippen molar-refractivity contribution >= 4 is 49.9 Å². The van der Waals surface area contributed by atoms with E-state index >= 15 is 0 Å². The molecule has 4 rings (SSSR count). The number of hydrogen-bond donors (Lipinski definition) is 0. The number of ether oxygens (including phenoxy) is 2. The van der Waals surface area contributed by atoms with Crippen LogP contribution < -0.4 is 0 Å². The summed E-state index contributed by atoms with van der Waals surface area (Å²) in [7, 11) is -4.06. The van der Waals surface area contributed by atoms with Gasteiger partial charge in [0.25, 0.3) is 10.1 Å². The first-order chi connectivity index (χ1) is 17.7. The van der Waals surface area contributed by atoms with Crippen molar-refractivity contribution in [3.63, 3.8) is 0 Å². The van der Waals surface area contributed by atoms with Gasteiger partial charge in [-0.1, -0.05) is 60.7 Å². The third kappa shape index (κ3) is 6.78. The minimum Gasteiger partial charge on any atom is -0.459 e. The third-order valence-corrected chi connectivity index (χ3v) is 6.25. The largest absolute Gasteiger partial charge is 0.459 e. The number of fused-ring (bicyclic) bond motifs is 2. The lowest BCUT2D eigenvalue weighted by molar-refractivity contribution is -0.111. The molecular weight excluding hydrogens is 496 g/mol. The molecule has 4 aromatic rings. The lowest BCUT2D eigenvalue weighted by Crippen LogP contribution is -2.39. The fraction of sp³-hybridized carbons (Fsp3) is 0.179. The molecule has 8 nitrogen and oxygen atoms in total. The molecule has 0 aliphatic rings. The number of benzene rings is 4. The Morgan fingerprint density at radius 2 is 1.27 bits per heavy atom. The van der Waals surface area contributed by atoms with Crippen molar-refractivity contribution in [3.8, 4) is 0 Å². The zero-order chi connectivity index (χ0) is 26.4. The summed E-state index contributed by atoms with van der Waals surface area (Å²) in [4.78, 5) is 36.9. The van der Waals surface area contributed by atoms with E-state index in [-0.39, 0.29) is 17.5 Å². The van der Waals surface area contributed by atoms with Gasteiger partial charge < -0.3 is 14.3 Å². The number of hydrogen-bond acceptors (Lipinski definition) is 8. The number of carbonyl (C=O) groups excluding carboxylic acids is 3. The highest BCUT2D eigenvalue weighted by atomic mass is 32.2. The topological polar surface area (TPSA) is 113 Å². The van der Waals surface area contributed by atoms with E-state index in [1.807, 2.05) is 48.5 Å². The molecule has 4 aromatic carbocycles. The molecule has 0 N–H and O–H groups in total. The van der Waals surface area contributed by atoms with E-state index in [0.29, 0.717) is 6.29 Å². The first kappa shape index (κ1) is 26.0. The van der Waals surface area contributed by atoms with Gasteiger partial charge in [0.2, 0.25) is 0 Å². The van der Waals surface area contributed by atoms with Crippen LogP contribution in [0.5, 0.6) is 0 Å². The third-order valence-electron chi connectivity index (χ3n) is 5.65. The Labute approximate surface area is 213 Å².